The van der Waals surface area contributed by atoms with Gasteiger partial charge in [0.05, 0.1) is 5.92 Å². The van der Waals surface area contributed by atoms with Crippen LogP contribution in [0, 0.1) is 5.92 Å². The highest BCUT2D eigenvalue weighted by molar-refractivity contribution is 7.87. The highest BCUT2D eigenvalue weighted by atomic mass is 32.2. The summed E-state index contributed by atoms with van der Waals surface area (Å²) in [5, 5.41) is 0. The van der Waals surface area contributed by atoms with Crippen LogP contribution in [-0.4, -0.2) is 30.2 Å². The van der Waals surface area contributed by atoms with Gasteiger partial charge in [0.15, 0.2) is 5.78 Å². The Hall–Kier alpha value is -0.950. The second-order valence-electron chi connectivity index (χ2n) is 3.88. The summed E-state index contributed by atoms with van der Waals surface area (Å²) >= 11 is 0. The molecule has 6 nitrogen and oxygen atoms in total. The number of ketones is 1. The SMILES string of the molecule is CC(=O)C(OC(=O)C1CCCC1)S(=O)(=O)O. The van der Waals surface area contributed by atoms with Gasteiger partial charge in [-0.3, -0.25) is 14.1 Å². The minimum Gasteiger partial charge on any atom is -0.435 e. The maximum absolute atomic E-state index is 11.5. The van der Waals surface area contributed by atoms with Crippen molar-refractivity contribution in [3.05, 3.63) is 0 Å². The fourth-order valence-electron chi connectivity index (χ4n) is 1.72. The number of carbonyl (C=O) groups excluding carboxylic acids is 2. The zero-order valence-corrected chi connectivity index (χ0v) is 9.70. The van der Waals surface area contributed by atoms with Gasteiger partial charge in [0.1, 0.15) is 0 Å². The van der Waals surface area contributed by atoms with Crippen LogP contribution in [0.2, 0.25) is 0 Å². The summed E-state index contributed by atoms with van der Waals surface area (Å²) in [6.07, 6.45) is 3.04. The maximum Gasteiger partial charge on any atom is 0.311 e. The molecule has 92 valence electrons. The van der Waals surface area contributed by atoms with E-state index in [1.807, 2.05) is 0 Å². The van der Waals surface area contributed by atoms with Crippen LogP contribution in [-0.2, 0) is 24.4 Å². The molecule has 1 N–H and O–H groups in total. The maximum atomic E-state index is 11.5. The summed E-state index contributed by atoms with van der Waals surface area (Å²) < 4.78 is 34.8. The lowest BCUT2D eigenvalue weighted by atomic mass is 10.1. The molecular formula is C9H14O6S. The molecule has 1 aliphatic carbocycles. The molecule has 1 rings (SSSR count). The van der Waals surface area contributed by atoms with Gasteiger partial charge in [-0.1, -0.05) is 12.8 Å². The molecule has 0 aliphatic heterocycles. The molecule has 0 aromatic carbocycles. The van der Waals surface area contributed by atoms with Crippen molar-refractivity contribution in [3.8, 4) is 0 Å². The van der Waals surface area contributed by atoms with E-state index in [0.29, 0.717) is 12.8 Å². The lowest BCUT2D eigenvalue weighted by Crippen LogP contribution is -2.35. The van der Waals surface area contributed by atoms with Gasteiger partial charge in [-0.2, -0.15) is 8.42 Å². The van der Waals surface area contributed by atoms with E-state index in [1.165, 1.54) is 0 Å². The van der Waals surface area contributed by atoms with Gasteiger partial charge in [-0.15, -0.1) is 0 Å². The number of Topliss-reactive ketones (excluding diaryl/α,β-unsaturated/α-hetero) is 1. The predicted molar refractivity (Wildman–Crippen MR) is 54.1 cm³/mol. The second kappa shape index (κ2) is 4.92. The van der Waals surface area contributed by atoms with Crippen LogP contribution in [0.25, 0.3) is 0 Å². The van der Waals surface area contributed by atoms with Gasteiger partial charge in [0.2, 0.25) is 0 Å². The monoisotopic (exact) mass is 250 g/mol. The molecular weight excluding hydrogens is 236 g/mol. The van der Waals surface area contributed by atoms with Crippen molar-refractivity contribution in [1.29, 1.82) is 0 Å². The number of carbonyl (C=O) groups is 2. The van der Waals surface area contributed by atoms with Gasteiger partial charge in [0, 0.05) is 0 Å². The Morgan fingerprint density at radius 2 is 1.81 bits per heavy atom. The minimum absolute atomic E-state index is 0.358. The summed E-state index contributed by atoms with van der Waals surface area (Å²) in [4.78, 5) is 22.4. The third kappa shape index (κ3) is 3.28. The van der Waals surface area contributed by atoms with Crippen LogP contribution in [0.1, 0.15) is 32.6 Å². The van der Waals surface area contributed by atoms with Crippen molar-refractivity contribution in [2.75, 3.05) is 0 Å². The Balaban J connectivity index is 2.69. The van der Waals surface area contributed by atoms with Crippen molar-refractivity contribution in [3.63, 3.8) is 0 Å². The van der Waals surface area contributed by atoms with E-state index in [2.05, 4.69) is 4.74 Å². The van der Waals surface area contributed by atoms with Gasteiger partial charge < -0.3 is 4.74 Å². The van der Waals surface area contributed by atoms with Crippen LogP contribution in [0.5, 0.6) is 0 Å². The second-order valence-corrected chi connectivity index (χ2v) is 5.33. The van der Waals surface area contributed by atoms with Crippen LogP contribution in [0.15, 0.2) is 0 Å². The standard InChI is InChI=1S/C9H14O6S/c1-6(10)9(16(12,13)14)15-8(11)7-4-2-3-5-7/h7,9H,2-5H2,1H3,(H,12,13,14). The van der Waals surface area contributed by atoms with Gasteiger partial charge in [0.25, 0.3) is 5.44 Å². The van der Waals surface area contributed by atoms with Crippen molar-refractivity contribution < 1.29 is 27.3 Å². The molecule has 0 saturated heterocycles. The number of ether oxygens (including phenoxy) is 1. The molecule has 0 radical (unpaired) electrons. The van der Waals surface area contributed by atoms with Crippen molar-refractivity contribution in [1.82, 2.24) is 0 Å². The predicted octanol–water partition coefficient (Wildman–Crippen LogP) is 0.523. The summed E-state index contributed by atoms with van der Waals surface area (Å²) in [6, 6.07) is 0. The lowest BCUT2D eigenvalue weighted by Gasteiger charge is -2.14. The van der Waals surface area contributed by atoms with Crippen molar-refractivity contribution in [2.24, 2.45) is 5.92 Å². The summed E-state index contributed by atoms with van der Waals surface area (Å²) in [7, 11) is -4.68. The van der Waals surface area contributed by atoms with Gasteiger partial charge in [-0.05, 0) is 19.8 Å². The largest absolute Gasteiger partial charge is 0.435 e. The fraction of sp³-hybridized carbons (Fsp3) is 0.778. The van der Waals surface area contributed by atoms with Crippen molar-refractivity contribution in [2.45, 2.75) is 38.0 Å². The van der Waals surface area contributed by atoms with Gasteiger partial charge in [-0.25, -0.2) is 0 Å². The first-order valence-corrected chi connectivity index (χ1v) is 6.50. The number of hydrogen-bond donors (Lipinski definition) is 1. The number of hydrogen-bond acceptors (Lipinski definition) is 5. The molecule has 1 unspecified atom stereocenters. The molecule has 1 atom stereocenters. The highest BCUT2D eigenvalue weighted by Crippen LogP contribution is 2.26. The smallest absolute Gasteiger partial charge is 0.311 e. The van der Waals surface area contributed by atoms with E-state index in [4.69, 9.17) is 4.55 Å². The third-order valence-electron chi connectivity index (χ3n) is 2.51. The van der Waals surface area contributed by atoms with E-state index < -0.39 is 27.3 Å². The minimum atomic E-state index is -4.68. The molecule has 1 fully saturated rings. The molecule has 7 heteroatoms. The molecule has 16 heavy (non-hydrogen) atoms. The zero-order chi connectivity index (χ0) is 12.3. The van der Waals surface area contributed by atoms with Crippen LogP contribution >= 0.6 is 0 Å². The first kappa shape index (κ1) is 13.1. The molecule has 0 bridgehead atoms. The average molecular weight is 250 g/mol. The Morgan fingerprint density at radius 1 is 1.31 bits per heavy atom. The van der Waals surface area contributed by atoms with Gasteiger partial charge >= 0.3 is 16.1 Å². The number of rotatable bonds is 4. The summed E-state index contributed by atoms with van der Waals surface area (Å²) in [5.41, 5.74) is -2.08. The first-order valence-electron chi connectivity index (χ1n) is 4.99. The quantitative estimate of drug-likeness (QED) is 0.577. The molecule has 0 amide bonds. The van der Waals surface area contributed by atoms with E-state index >= 15 is 0 Å². The molecule has 0 aromatic heterocycles. The zero-order valence-electron chi connectivity index (χ0n) is 8.88. The lowest BCUT2D eigenvalue weighted by molar-refractivity contribution is -0.154. The Kier molecular flexibility index (Phi) is 4.03. The normalized spacial score (nSPS) is 19.4. The average Bonchev–Trinajstić information content (AvgIpc) is 2.63. The van der Waals surface area contributed by atoms with Crippen LogP contribution in [0.4, 0.5) is 0 Å². The van der Waals surface area contributed by atoms with E-state index in [1.54, 1.807) is 0 Å². The number of esters is 1. The summed E-state index contributed by atoms with van der Waals surface area (Å²) in [6.45, 7) is 0.945. The first-order chi connectivity index (χ1) is 7.32. The Labute approximate surface area is 93.7 Å². The highest BCUT2D eigenvalue weighted by Gasteiger charge is 2.35. The fourth-order valence-corrected chi connectivity index (χ4v) is 2.35. The topological polar surface area (TPSA) is 97.7 Å². The van der Waals surface area contributed by atoms with Crippen LogP contribution in [0.3, 0.4) is 0 Å². The molecule has 1 saturated carbocycles. The molecule has 0 spiro atoms. The summed E-state index contributed by atoms with van der Waals surface area (Å²) in [5.74, 6) is -1.99. The Morgan fingerprint density at radius 3 is 2.19 bits per heavy atom. The van der Waals surface area contributed by atoms with Crippen LogP contribution < -0.4 is 0 Å². The van der Waals surface area contributed by atoms with E-state index in [-0.39, 0.29) is 5.92 Å². The van der Waals surface area contributed by atoms with Crippen molar-refractivity contribution >= 4 is 21.9 Å². The molecule has 0 heterocycles. The third-order valence-corrected chi connectivity index (χ3v) is 3.48. The van der Waals surface area contributed by atoms with E-state index in [9.17, 15) is 18.0 Å². The Bertz CT molecular complexity index is 379. The molecule has 1 aliphatic rings. The molecule has 0 aromatic rings. The van der Waals surface area contributed by atoms with E-state index in [0.717, 1.165) is 19.8 Å².